The summed E-state index contributed by atoms with van der Waals surface area (Å²) >= 11 is 7.57. The van der Waals surface area contributed by atoms with Crippen LogP contribution in [0.1, 0.15) is 12.8 Å². The predicted octanol–water partition coefficient (Wildman–Crippen LogP) is -1.01. The minimum absolute atomic E-state index is 0. The summed E-state index contributed by atoms with van der Waals surface area (Å²) in [4.78, 5) is 13.3. The Bertz CT molecular complexity index is 334. The van der Waals surface area contributed by atoms with Crippen molar-refractivity contribution in [3.8, 4) is 0 Å². The van der Waals surface area contributed by atoms with E-state index in [0.717, 1.165) is 12.1 Å². The van der Waals surface area contributed by atoms with E-state index < -0.39 is 0 Å². The molecule has 0 bridgehead atoms. The fourth-order valence-corrected chi connectivity index (χ4v) is 1.70. The Kier molecular flexibility index (Phi) is 14.4. The maximum Gasteiger partial charge on any atom is -0.412 e. The fraction of sp³-hybridized carbons (Fsp3) is 0.364. The molecule has 0 aromatic heterocycles. The van der Waals surface area contributed by atoms with Crippen LogP contribution in [0.15, 0.2) is 24.3 Å². The second-order valence-electron chi connectivity index (χ2n) is 3.29. The van der Waals surface area contributed by atoms with Gasteiger partial charge in [-0.25, -0.2) is 0 Å². The van der Waals surface area contributed by atoms with Gasteiger partial charge in [-0.3, -0.25) is 0 Å². The third kappa shape index (κ3) is 6.98. The van der Waals surface area contributed by atoms with Crippen molar-refractivity contribution in [2.45, 2.75) is 12.8 Å². The normalized spacial score (nSPS) is 8.39. The first-order valence-corrected chi connectivity index (χ1v) is 6.37. The first-order valence-electron chi connectivity index (χ1n) is 4.79. The van der Waals surface area contributed by atoms with Gasteiger partial charge in [0.1, 0.15) is 0 Å². The number of amides is 1. The van der Waals surface area contributed by atoms with Crippen molar-refractivity contribution in [3.05, 3.63) is 24.3 Å². The van der Waals surface area contributed by atoms with Gasteiger partial charge >= 0.3 is 104 Å². The zero-order chi connectivity index (χ0) is 11.3. The molecule has 0 atom stereocenters. The molecule has 0 saturated heterocycles. The molecule has 1 amide bonds. The summed E-state index contributed by atoms with van der Waals surface area (Å²) in [7, 11) is 1.79. The van der Waals surface area contributed by atoms with Crippen LogP contribution >= 0.6 is 11.6 Å². The van der Waals surface area contributed by atoms with Crippen molar-refractivity contribution in [1.82, 2.24) is 0 Å². The third-order valence-corrected chi connectivity index (χ3v) is 3.12. The molecule has 0 saturated carbocycles. The van der Waals surface area contributed by atoms with Gasteiger partial charge in [-0.2, -0.15) is 0 Å². The van der Waals surface area contributed by atoms with Gasteiger partial charge in [-0.1, -0.05) is 0 Å². The van der Waals surface area contributed by atoms with Crippen LogP contribution in [0.3, 0.4) is 0 Å². The van der Waals surface area contributed by atoms with Crippen molar-refractivity contribution in [2.75, 3.05) is 17.8 Å². The third-order valence-electron chi connectivity index (χ3n) is 2.15. The second-order valence-corrected chi connectivity index (χ2v) is 4.88. The van der Waals surface area contributed by atoms with Crippen LogP contribution in [0.5, 0.6) is 0 Å². The minimum Gasteiger partial charge on any atom is -0.412 e. The maximum atomic E-state index is 11.7. The second kappa shape index (κ2) is 11.5. The van der Waals surface area contributed by atoms with E-state index in [2.05, 4.69) is 0 Å². The van der Waals surface area contributed by atoms with E-state index in [-0.39, 0.29) is 22.3 Å². The van der Waals surface area contributed by atoms with Gasteiger partial charge < -0.3 is 16.4 Å². The molecule has 0 aliphatic heterocycles. The SMILES string of the molecule is CN(C(=O)CCCCl)c1cc[c]([Ge])cc1.O.O.O. The quantitative estimate of drug-likeness (QED) is 0.508. The van der Waals surface area contributed by atoms with Crippen LogP contribution in [-0.4, -0.2) is 51.8 Å². The Morgan fingerprint density at radius 3 is 2.17 bits per heavy atom. The van der Waals surface area contributed by atoms with E-state index in [4.69, 9.17) is 11.6 Å². The monoisotopic (exact) mass is 338 g/mol. The number of carbonyl (C=O) groups is 1. The average Bonchev–Trinajstić information content (AvgIpc) is 2.26. The van der Waals surface area contributed by atoms with Gasteiger partial charge in [-0.05, 0) is 0 Å². The van der Waals surface area contributed by atoms with E-state index in [0.29, 0.717) is 12.3 Å². The molecule has 3 radical (unpaired) electrons. The Morgan fingerprint density at radius 1 is 1.22 bits per heavy atom. The summed E-state index contributed by atoms with van der Waals surface area (Å²) in [5, 5.41) is 0. The molecule has 6 N–H and O–H groups in total. The van der Waals surface area contributed by atoms with Crippen molar-refractivity contribution in [2.24, 2.45) is 0 Å². The maximum absolute atomic E-state index is 11.7. The molecule has 7 heteroatoms. The van der Waals surface area contributed by atoms with Crippen LogP contribution in [0, 0.1) is 0 Å². The number of carbonyl (C=O) groups excluding carboxylic acids is 1. The topological polar surface area (TPSA) is 115 Å². The molecule has 0 fully saturated rings. The molecular formula is C11H19ClGeNO4. The van der Waals surface area contributed by atoms with Crippen LogP contribution in [0.2, 0.25) is 0 Å². The summed E-state index contributed by atoms with van der Waals surface area (Å²) in [6.45, 7) is 0. The van der Waals surface area contributed by atoms with Crippen LogP contribution in [-0.2, 0) is 4.79 Å². The van der Waals surface area contributed by atoms with Crippen molar-refractivity contribution < 1.29 is 21.2 Å². The summed E-state index contributed by atoms with van der Waals surface area (Å²) in [6.07, 6.45) is 1.24. The molecule has 1 aromatic carbocycles. The van der Waals surface area contributed by atoms with Crippen LogP contribution in [0.25, 0.3) is 0 Å². The molecule has 1 rings (SSSR count). The van der Waals surface area contributed by atoms with Crippen molar-refractivity contribution in [3.63, 3.8) is 0 Å². The largest absolute Gasteiger partial charge is 0.412 e. The average molecular weight is 337 g/mol. The van der Waals surface area contributed by atoms with Gasteiger partial charge in [-0.15, -0.1) is 0 Å². The van der Waals surface area contributed by atoms with Gasteiger partial charge in [0.25, 0.3) is 0 Å². The zero-order valence-corrected chi connectivity index (χ0v) is 13.0. The summed E-state index contributed by atoms with van der Waals surface area (Å²) in [6, 6.07) is 7.91. The molecule has 1 aromatic rings. The first kappa shape index (κ1) is 22.6. The predicted molar refractivity (Wildman–Crippen MR) is 76.0 cm³/mol. The molecule has 103 valence electrons. The number of halogens is 1. The van der Waals surface area contributed by atoms with Gasteiger partial charge in [0.2, 0.25) is 0 Å². The standard InChI is InChI=1S/C11H13ClGeNO.3H2O/c1-14(11(15)3-2-8-12)10-6-4-9(13)5-7-10;;;/h4-7H,2-3,8H2,1H3;3*1H2. The summed E-state index contributed by atoms with van der Waals surface area (Å²) < 4.78 is 1.19. The Hall–Kier alpha value is -0.597. The zero-order valence-electron chi connectivity index (χ0n) is 10.2. The molecule has 0 heterocycles. The smallest absolute Gasteiger partial charge is 0.412 e. The number of nitrogens with zero attached hydrogens (tertiary/aromatic N) is 1. The molecule has 18 heavy (non-hydrogen) atoms. The Balaban J connectivity index is -0.000000750. The fourth-order valence-electron chi connectivity index (χ4n) is 1.21. The van der Waals surface area contributed by atoms with Crippen LogP contribution in [0.4, 0.5) is 5.69 Å². The summed E-state index contributed by atoms with van der Waals surface area (Å²) in [5.41, 5.74) is 0.931. The van der Waals surface area contributed by atoms with Gasteiger partial charge in [0.15, 0.2) is 0 Å². The molecule has 0 spiro atoms. The minimum atomic E-state index is 0. The Labute approximate surface area is 120 Å². The van der Waals surface area contributed by atoms with E-state index in [1.54, 1.807) is 11.9 Å². The van der Waals surface area contributed by atoms with Crippen molar-refractivity contribution >= 4 is 44.1 Å². The number of alkyl halides is 1. The number of hydrogen-bond acceptors (Lipinski definition) is 1. The molecular weight excluding hydrogens is 318 g/mol. The molecule has 0 aliphatic rings. The number of hydrogen-bond donors (Lipinski definition) is 0. The number of anilines is 1. The van der Waals surface area contributed by atoms with E-state index in [9.17, 15) is 4.79 Å². The van der Waals surface area contributed by atoms with E-state index in [1.807, 2.05) is 40.8 Å². The van der Waals surface area contributed by atoms with E-state index >= 15 is 0 Å². The number of rotatable bonds is 4. The van der Waals surface area contributed by atoms with Crippen molar-refractivity contribution in [1.29, 1.82) is 0 Å². The summed E-state index contributed by atoms with van der Waals surface area (Å²) in [5.74, 6) is 0.646. The van der Waals surface area contributed by atoms with Gasteiger partial charge in [0, 0.05) is 0 Å². The molecule has 5 nitrogen and oxygen atoms in total. The molecule has 0 unspecified atom stereocenters. The Morgan fingerprint density at radius 2 is 1.72 bits per heavy atom. The van der Waals surface area contributed by atoms with E-state index in [1.165, 1.54) is 4.40 Å². The first-order chi connectivity index (χ1) is 7.15. The van der Waals surface area contributed by atoms with Gasteiger partial charge in [0.05, 0.1) is 0 Å². The number of benzene rings is 1. The van der Waals surface area contributed by atoms with Crippen LogP contribution < -0.4 is 9.30 Å². The molecule has 0 aliphatic carbocycles.